The van der Waals surface area contributed by atoms with Crippen molar-refractivity contribution < 1.29 is 9.59 Å². The summed E-state index contributed by atoms with van der Waals surface area (Å²) in [6.07, 6.45) is 1.39. The van der Waals surface area contributed by atoms with Crippen molar-refractivity contribution in [3.05, 3.63) is 35.4 Å². The smallest absolute Gasteiger partial charge is 0.254 e. The maximum absolute atomic E-state index is 12.2. The lowest BCUT2D eigenvalue weighted by atomic mass is 10.1. The summed E-state index contributed by atoms with van der Waals surface area (Å²) in [6.45, 7) is 0.531. The molecule has 2 rings (SSSR count). The first-order valence-corrected chi connectivity index (χ1v) is 5.74. The van der Waals surface area contributed by atoms with E-state index in [0.29, 0.717) is 24.1 Å². The molecule has 18 heavy (non-hydrogen) atoms. The van der Waals surface area contributed by atoms with Crippen LogP contribution in [0.5, 0.6) is 0 Å². The Labute approximate surface area is 105 Å². The maximum atomic E-state index is 12.2. The number of nitrogens with two attached hydrogens (primary N) is 1. The Morgan fingerprint density at radius 1 is 1.44 bits per heavy atom. The number of hydrogen-bond donors (Lipinski definition) is 1. The van der Waals surface area contributed by atoms with E-state index in [1.165, 1.54) is 11.0 Å². The Morgan fingerprint density at radius 3 is 2.89 bits per heavy atom. The molecule has 0 saturated carbocycles. The molecule has 0 radical (unpaired) electrons. The van der Waals surface area contributed by atoms with Gasteiger partial charge in [-0.2, -0.15) is 5.26 Å². The maximum Gasteiger partial charge on any atom is 0.254 e. The summed E-state index contributed by atoms with van der Waals surface area (Å²) in [7, 11) is 0. The summed E-state index contributed by atoms with van der Waals surface area (Å²) in [5.41, 5.74) is 6.12. The topological polar surface area (TPSA) is 87.2 Å². The molecule has 1 atom stereocenters. The Kier molecular flexibility index (Phi) is 3.28. The molecular formula is C13H13N3O2. The van der Waals surface area contributed by atoms with Gasteiger partial charge in [0.25, 0.3) is 5.91 Å². The summed E-state index contributed by atoms with van der Waals surface area (Å²) >= 11 is 0. The third kappa shape index (κ3) is 2.18. The average molecular weight is 243 g/mol. The second-order valence-electron chi connectivity index (χ2n) is 4.25. The van der Waals surface area contributed by atoms with Crippen LogP contribution in [0.15, 0.2) is 24.3 Å². The third-order valence-electron chi connectivity index (χ3n) is 3.08. The molecule has 0 aromatic heterocycles. The molecule has 2 amide bonds. The molecule has 0 bridgehead atoms. The molecule has 2 N–H and O–H groups in total. The Morgan fingerprint density at radius 2 is 2.22 bits per heavy atom. The summed E-state index contributed by atoms with van der Waals surface area (Å²) in [6, 6.07) is 7.91. The van der Waals surface area contributed by atoms with Crippen LogP contribution in [0.25, 0.3) is 0 Å². The van der Waals surface area contributed by atoms with Crippen LogP contribution < -0.4 is 5.73 Å². The van der Waals surface area contributed by atoms with Gasteiger partial charge in [0.15, 0.2) is 0 Å². The van der Waals surface area contributed by atoms with Crippen LogP contribution in [0.4, 0.5) is 0 Å². The molecule has 1 aliphatic heterocycles. The number of likely N-dealkylation sites (tertiary alicyclic amines) is 1. The number of benzene rings is 1. The molecule has 1 unspecified atom stereocenters. The molecule has 0 aliphatic carbocycles. The zero-order chi connectivity index (χ0) is 13.1. The number of nitriles is 1. The van der Waals surface area contributed by atoms with Gasteiger partial charge in [0.1, 0.15) is 6.04 Å². The Balaban J connectivity index is 2.25. The zero-order valence-corrected chi connectivity index (χ0v) is 9.80. The van der Waals surface area contributed by atoms with Gasteiger partial charge < -0.3 is 10.6 Å². The van der Waals surface area contributed by atoms with E-state index in [4.69, 9.17) is 11.0 Å². The van der Waals surface area contributed by atoms with Crippen molar-refractivity contribution in [3.63, 3.8) is 0 Å². The molecule has 5 nitrogen and oxygen atoms in total. The van der Waals surface area contributed by atoms with Crippen LogP contribution >= 0.6 is 0 Å². The van der Waals surface area contributed by atoms with E-state index in [1.54, 1.807) is 18.2 Å². The molecule has 92 valence electrons. The van der Waals surface area contributed by atoms with E-state index in [-0.39, 0.29) is 5.91 Å². The first kappa shape index (κ1) is 12.1. The number of amides is 2. The van der Waals surface area contributed by atoms with Crippen molar-refractivity contribution in [1.29, 1.82) is 5.26 Å². The first-order valence-electron chi connectivity index (χ1n) is 5.74. The highest BCUT2D eigenvalue weighted by molar-refractivity contribution is 5.97. The average Bonchev–Trinajstić information content (AvgIpc) is 2.87. The Hall–Kier alpha value is -2.35. The van der Waals surface area contributed by atoms with Crippen LogP contribution in [-0.4, -0.2) is 29.3 Å². The van der Waals surface area contributed by atoms with E-state index in [9.17, 15) is 9.59 Å². The van der Waals surface area contributed by atoms with Crippen LogP contribution in [0.2, 0.25) is 0 Å². The Bertz CT molecular complexity index is 533. The quantitative estimate of drug-likeness (QED) is 0.827. The van der Waals surface area contributed by atoms with E-state index < -0.39 is 11.9 Å². The summed E-state index contributed by atoms with van der Waals surface area (Å²) in [4.78, 5) is 25.0. The van der Waals surface area contributed by atoms with E-state index >= 15 is 0 Å². The number of hydrogen-bond acceptors (Lipinski definition) is 3. The fourth-order valence-corrected chi connectivity index (χ4v) is 2.19. The highest BCUT2D eigenvalue weighted by Gasteiger charge is 2.33. The van der Waals surface area contributed by atoms with Crippen molar-refractivity contribution in [2.45, 2.75) is 18.9 Å². The molecule has 5 heteroatoms. The van der Waals surface area contributed by atoms with Crippen molar-refractivity contribution in [1.82, 2.24) is 4.90 Å². The summed E-state index contributed by atoms with van der Waals surface area (Å²) < 4.78 is 0. The minimum atomic E-state index is -0.525. The van der Waals surface area contributed by atoms with Crippen molar-refractivity contribution in [2.75, 3.05) is 6.54 Å². The predicted octanol–water partition coefficient (Wildman–Crippen LogP) is 0.648. The van der Waals surface area contributed by atoms with Gasteiger partial charge in [-0.05, 0) is 31.0 Å². The fourth-order valence-electron chi connectivity index (χ4n) is 2.19. The molecular weight excluding hydrogens is 230 g/mol. The number of carbonyl (C=O) groups is 2. The fraction of sp³-hybridized carbons (Fsp3) is 0.308. The van der Waals surface area contributed by atoms with Crippen molar-refractivity contribution >= 4 is 11.8 Å². The van der Waals surface area contributed by atoms with Gasteiger partial charge in [0.05, 0.1) is 11.6 Å². The standard InChI is InChI=1S/C13H13N3O2/c14-8-9-3-1-4-10(7-9)13(18)16-6-2-5-11(16)12(15)17/h1,3-4,7,11H,2,5-6H2,(H2,15,17). The second kappa shape index (κ2) is 4.88. The van der Waals surface area contributed by atoms with Gasteiger partial charge in [-0.25, -0.2) is 0 Å². The van der Waals surface area contributed by atoms with E-state index in [0.717, 1.165) is 6.42 Å². The van der Waals surface area contributed by atoms with Gasteiger partial charge >= 0.3 is 0 Å². The van der Waals surface area contributed by atoms with Crippen LogP contribution in [-0.2, 0) is 4.79 Å². The first-order chi connectivity index (χ1) is 8.63. The van der Waals surface area contributed by atoms with Gasteiger partial charge in [-0.15, -0.1) is 0 Å². The second-order valence-corrected chi connectivity index (χ2v) is 4.25. The van der Waals surface area contributed by atoms with Gasteiger partial charge in [-0.3, -0.25) is 9.59 Å². The molecule has 1 aromatic carbocycles. The largest absolute Gasteiger partial charge is 0.368 e. The lowest BCUT2D eigenvalue weighted by molar-refractivity contribution is -0.121. The molecule has 1 fully saturated rings. The zero-order valence-electron chi connectivity index (χ0n) is 9.80. The predicted molar refractivity (Wildman–Crippen MR) is 64.4 cm³/mol. The molecule has 0 spiro atoms. The highest BCUT2D eigenvalue weighted by Crippen LogP contribution is 2.20. The lowest BCUT2D eigenvalue weighted by Crippen LogP contribution is -2.43. The normalized spacial score (nSPS) is 18.4. The number of rotatable bonds is 2. The number of primary amides is 1. The number of nitrogens with zero attached hydrogens (tertiary/aromatic N) is 2. The SMILES string of the molecule is N#Cc1cccc(C(=O)N2CCCC2C(N)=O)c1. The van der Waals surface area contributed by atoms with Crippen LogP contribution in [0.3, 0.4) is 0 Å². The molecule has 1 aromatic rings. The van der Waals surface area contributed by atoms with Crippen LogP contribution in [0, 0.1) is 11.3 Å². The highest BCUT2D eigenvalue weighted by atomic mass is 16.2. The summed E-state index contributed by atoms with van der Waals surface area (Å²) in [5.74, 6) is -0.717. The minimum absolute atomic E-state index is 0.242. The minimum Gasteiger partial charge on any atom is -0.368 e. The van der Waals surface area contributed by atoms with Gasteiger partial charge in [0.2, 0.25) is 5.91 Å². The molecule has 1 aliphatic rings. The third-order valence-corrected chi connectivity index (χ3v) is 3.08. The van der Waals surface area contributed by atoms with E-state index in [1.807, 2.05) is 6.07 Å². The van der Waals surface area contributed by atoms with Gasteiger partial charge in [-0.1, -0.05) is 6.07 Å². The van der Waals surface area contributed by atoms with E-state index in [2.05, 4.69) is 0 Å². The molecule has 1 saturated heterocycles. The van der Waals surface area contributed by atoms with Crippen molar-refractivity contribution in [3.8, 4) is 6.07 Å². The van der Waals surface area contributed by atoms with Gasteiger partial charge in [0, 0.05) is 12.1 Å². The van der Waals surface area contributed by atoms with Crippen LogP contribution in [0.1, 0.15) is 28.8 Å². The van der Waals surface area contributed by atoms with Crippen molar-refractivity contribution in [2.24, 2.45) is 5.73 Å². The lowest BCUT2D eigenvalue weighted by Gasteiger charge is -2.22. The number of carbonyl (C=O) groups excluding carboxylic acids is 2. The monoisotopic (exact) mass is 243 g/mol. The molecule has 1 heterocycles. The summed E-state index contributed by atoms with van der Waals surface area (Å²) in [5, 5.41) is 8.80.